The Morgan fingerprint density at radius 1 is 1.48 bits per heavy atom. The molecule has 21 heavy (non-hydrogen) atoms. The summed E-state index contributed by atoms with van der Waals surface area (Å²) in [6.07, 6.45) is 3.19. The molecule has 0 saturated heterocycles. The van der Waals surface area contributed by atoms with Crippen LogP contribution in [0, 0.1) is 0 Å². The molecule has 2 radical (unpaired) electrons. The fraction of sp³-hybridized carbons (Fsp3) is 0.143. The predicted molar refractivity (Wildman–Crippen MR) is 82.6 cm³/mol. The molecule has 0 fully saturated rings. The van der Waals surface area contributed by atoms with Gasteiger partial charge in [0, 0.05) is 11.8 Å². The summed E-state index contributed by atoms with van der Waals surface area (Å²) in [5.74, 6) is 0.291. The van der Waals surface area contributed by atoms with Crippen molar-refractivity contribution >= 4 is 40.8 Å². The van der Waals surface area contributed by atoms with Crippen LogP contribution in [-0.4, -0.2) is 37.0 Å². The number of aromatic hydroxyl groups is 1. The quantitative estimate of drug-likeness (QED) is 0.794. The van der Waals surface area contributed by atoms with Crippen molar-refractivity contribution in [3.8, 4) is 11.5 Å². The van der Waals surface area contributed by atoms with E-state index in [1.165, 1.54) is 6.07 Å². The Kier molecular flexibility index (Phi) is 3.59. The van der Waals surface area contributed by atoms with Gasteiger partial charge in [-0.2, -0.15) is 0 Å². The fourth-order valence-electron chi connectivity index (χ4n) is 2.18. The molecule has 1 aliphatic rings. The Hall–Kier alpha value is -2.02. The molecule has 0 spiro atoms. The van der Waals surface area contributed by atoms with Crippen LogP contribution in [-0.2, 0) is 0 Å². The average Bonchev–Trinajstić information content (AvgIpc) is 2.51. The standard InChI is InChI=1S/C14H10BBrN2O3/c15-9-5-8(6-10(16)13(9)19)14(20)18-3-4-21-12-7-17-2-1-11(12)18/h1-2,5-7,19H,3-4H2. The van der Waals surface area contributed by atoms with Crippen molar-refractivity contribution in [3.63, 3.8) is 0 Å². The molecule has 1 aromatic carbocycles. The highest BCUT2D eigenvalue weighted by molar-refractivity contribution is 9.10. The summed E-state index contributed by atoms with van der Waals surface area (Å²) in [5.41, 5.74) is 1.21. The Bertz CT molecular complexity index is 700. The topological polar surface area (TPSA) is 62.7 Å². The molecule has 1 aromatic heterocycles. The third-order valence-electron chi connectivity index (χ3n) is 3.21. The van der Waals surface area contributed by atoms with Crippen molar-refractivity contribution < 1.29 is 14.6 Å². The van der Waals surface area contributed by atoms with Crippen molar-refractivity contribution in [2.75, 3.05) is 18.1 Å². The first-order valence-electron chi connectivity index (χ1n) is 6.24. The molecule has 1 aliphatic heterocycles. The number of carbonyl (C=O) groups excluding carboxylic acids is 1. The number of hydrogen-bond acceptors (Lipinski definition) is 4. The van der Waals surface area contributed by atoms with E-state index in [-0.39, 0.29) is 17.1 Å². The van der Waals surface area contributed by atoms with Crippen molar-refractivity contribution in [2.45, 2.75) is 0 Å². The molecule has 1 amide bonds. The van der Waals surface area contributed by atoms with Crippen LogP contribution in [0.2, 0.25) is 0 Å². The predicted octanol–water partition coefficient (Wildman–Crippen LogP) is 1.38. The lowest BCUT2D eigenvalue weighted by Crippen LogP contribution is -2.38. The molecule has 2 heterocycles. The lowest BCUT2D eigenvalue weighted by atomic mass is 9.93. The lowest BCUT2D eigenvalue weighted by molar-refractivity contribution is 0.0976. The zero-order valence-electron chi connectivity index (χ0n) is 10.9. The summed E-state index contributed by atoms with van der Waals surface area (Å²) in [4.78, 5) is 18.3. The van der Waals surface area contributed by atoms with E-state index in [0.717, 1.165) is 0 Å². The first-order valence-corrected chi connectivity index (χ1v) is 7.04. The minimum atomic E-state index is -0.210. The molecule has 0 aliphatic carbocycles. The first-order chi connectivity index (χ1) is 10.1. The molecule has 5 nitrogen and oxygen atoms in total. The van der Waals surface area contributed by atoms with E-state index in [0.29, 0.717) is 34.6 Å². The van der Waals surface area contributed by atoms with Crippen LogP contribution >= 0.6 is 15.9 Å². The Labute approximate surface area is 131 Å². The van der Waals surface area contributed by atoms with E-state index in [4.69, 9.17) is 12.6 Å². The number of carbonyl (C=O) groups is 1. The van der Waals surface area contributed by atoms with Crippen LogP contribution in [0.3, 0.4) is 0 Å². The van der Waals surface area contributed by atoms with Crippen molar-refractivity contribution in [2.24, 2.45) is 0 Å². The largest absolute Gasteiger partial charge is 0.507 e. The van der Waals surface area contributed by atoms with Crippen molar-refractivity contribution in [1.82, 2.24) is 4.98 Å². The molecule has 3 rings (SSSR count). The number of aromatic nitrogens is 1. The van der Waals surface area contributed by atoms with Gasteiger partial charge in [0.25, 0.3) is 5.91 Å². The van der Waals surface area contributed by atoms with Gasteiger partial charge in [-0.15, -0.1) is 0 Å². The summed E-state index contributed by atoms with van der Waals surface area (Å²) in [5, 5.41) is 9.66. The number of phenols is 1. The number of pyridine rings is 1. The molecule has 0 saturated carbocycles. The zero-order valence-corrected chi connectivity index (χ0v) is 12.5. The third kappa shape index (κ3) is 2.49. The number of halogens is 1. The maximum atomic E-state index is 12.7. The van der Waals surface area contributed by atoms with Gasteiger partial charge in [-0.05, 0) is 28.1 Å². The third-order valence-corrected chi connectivity index (χ3v) is 3.82. The van der Waals surface area contributed by atoms with Gasteiger partial charge in [-0.3, -0.25) is 9.78 Å². The smallest absolute Gasteiger partial charge is 0.258 e. The van der Waals surface area contributed by atoms with Crippen LogP contribution in [0.25, 0.3) is 0 Å². The number of anilines is 1. The van der Waals surface area contributed by atoms with Gasteiger partial charge in [0.1, 0.15) is 20.2 Å². The number of ether oxygens (including phenoxy) is 1. The van der Waals surface area contributed by atoms with E-state index in [9.17, 15) is 9.90 Å². The van der Waals surface area contributed by atoms with Crippen LogP contribution < -0.4 is 15.1 Å². The van der Waals surface area contributed by atoms with Gasteiger partial charge in [0.05, 0.1) is 22.9 Å². The Morgan fingerprint density at radius 2 is 2.29 bits per heavy atom. The number of fused-ring (bicyclic) bond motifs is 1. The Morgan fingerprint density at radius 3 is 3.05 bits per heavy atom. The second kappa shape index (κ2) is 5.40. The number of nitrogens with zero attached hydrogens (tertiary/aromatic N) is 2. The zero-order chi connectivity index (χ0) is 15.0. The molecule has 1 N–H and O–H groups in total. The second-order valence-electron chi connectivity index (χ2n) is 4.54. The van der Waals surface area contributed by atoms with E-state index in [2.05, 4.69) is 20.9 Å². The molecule has 104 valence electrons. The molecule has 0 unspecified atom stereocenters. The van der Waals surface area contributed by atoms with Crippen molar-refractivity contribution in [1.29, 1.82) is 0 Å². The van der Waals surface area contributed by atoms with Crippen LogP contribution in [0.4, 0.5) is 5.69 Å². The maximum Gasteiger partial charge on any atom is 0.258 e. The monoisotopic (exact) mass is 344 g/mol. The fourth-order valence-corrected chi connectivity index (χ4v) is 2.66. The van der Waals surface area contributed by atoms with Crippen LogP contribution in [0.1, 0.15) is 10.4 Å². The van der Waals surface area contributed by atoms with Gasteiger partial charge in [0.2, 0.25) is 0 Å². The highest BCUT2D eigenvalue weighted by Crippen LogP contribution is 2.31. The summed E-state index contributed by atoms with van der Waals surface area (Å²) in [6.45, 7) is 0.841. The second-order valence-corrected chi connectivity index (χ2v) is 5.40. The summed E-state index contributed by atoms with van der Waals surface area (Å²) in [7, 11) is 5.70. The minimum absolute atomic E-state index is 0.0712. The number of rotatable bonds is 1. The molecule has 0 bridgehead atoms. The Balaban J connectivity index is 2.00. The summed E-state index contributed by atoms with van der Waals surface area (Å²) >= 11 is 3.19. The van der Waals surface area contributed by atoms with E-state index >= 15 is 0 Å². The molecule has 0 atom stereocenters. The molecule has 7 heteroatoms. The van der Waals surface area contributed by atoms with E-state index < -0.39 is 0 Å². The number of hydrogen-bond donors (Lipinski definition) is 1. The van der Waals surface area contributed by atoms with E-state index in [1.54, 1.807) is 29.4 Å². The summed E-state index contributed by atoms with van der Waals surface area (Å²) < 4.78 is 5.86. The lowest BCUT2D eigenvalue weighted by Gasteiger charge is -2.29. The molecular formula is C14H10BBrN2O3. The first kappa shape index (κ1) is 13.9. The minimum Gasteiger partial charge on any atom is -0.507 e. The number of phenolic OH excluding ortho intramolecular Hbond substituents is 1. The number of benzene rings is 1. The SMILES string of the molecule is [B]c1cc(C(=O)N2CCOc3cnccc32)cc(Br)c1O. The van der Waals surface area contributed by atoms with Gasteiger partial charge in [-0.1, -0.05) is 11.5 Å². The van der Waals surface area contributed by atoms with Crippen LogP contribution in [0.15, 0.2) is 35.1 Å². The van der Waals surface area contributed by atoms with E-state index in [1.807, 2.05) is 0 Å². The van der Waals surface area contributed by atoms with Gasteiger partial charge < -0.3 is 14.7 Å². The normalized spacial score (nSPS) is 13.5. The summed E-state index contributed by atoms with van der Waals surface area (Å²) in [6, 6.07) is 4.73. The van der Waals surface area contributed by atoms with Gasteiger partial charge in [0.15, 0.2) is 5.75 Å². The number of amides is 1. The average molecular weight is 345 g/mol. The highest BCUT2D eigenvalue weighted by Gasteiger charge is 2.25. The van der Waals surface area contributed by atoms with Gasteiger partial charge >= 0.3 is 0 Å². The van der Waals surface area contributed by atoms with Crippen LogP contribution in [0.5, 0.6) is 11.5 Å². The molecule has 2 aromatic rings. The highest BCUT2D eigenvalue weighted by atomic mass is 79.9. The maximum absolute atomic E-state index is 12.7. The molecular weight excluding hydrogens is 335 g/mol. The van der Waals surface area contributed by atoms with Gasteiger partial charge in [-0.25, -0.2) is 0 Å². The van der Waals surface area contributed by atoms with Crippen molar-refractivity contribution in [3.05, 3.63) is 40.6 Å².